The zero-order chi connectivity index (χ0) is 13.0. The van der Waals surface area contributed by atoms with Gasteiger partial charge in [-0.05, 0) is 25.7 Å². The molecule has 1 N–H and O–H groups in total. The van der Waals surface area contributed by atoms with Crippen LogP contribution in [0, 0.1) is 12.8 Å². The molecule has 1 fully saturated rings. The van der Waals surface area contributed by atoms with Crippen LogP contribution in [-0.4, -0.2) is 43.8 Å². The van der Waals surface area contributed by atoms with Gasteiger partial charge < -0.3 is 15.0 Å². The lowest BCUT2D eigenvalue weighted by Gasteiger charge is -2.28. The molecule has 0 bridgehead atoms. The van der Waals surface area contributed by atoms with E-state index in [9.17, 15) is 0 Å². The third-order valence-electron chi connectivity index (χ3n) is 3.32. The Morgan fingerprint density at radius 3 is 3.06 bits per heavy atom. The summed E-state index contributed by atoms with van der Waals surface area (Å²) in [6.07, 6.45) is 4.28. The smallest absolute Gasteiger partial charge is 0.224 e. The van der Waals surface area contributed by atoms with E-state index in [-0.39, 0.29) is 0 Å². The summed E-state index contributed by atoms with van der Waals surface area (Å²) < 4.78 is 5.52. The lowest BCUT2D eigenvalue weighted by atomic mass is 10.0. The van der Waals surface area contributed by atoms with Crippen molar-refractivity contribution < 1.29 is 4.74 Å². The minimum atomic E-state index is 0.608. The first-order valence-corrected chi connectivity index (χ1v) is 6.51. The van der Waals surface area contributed by atoms with Crippen molar-refractivity contribution in [2.45, 2.75) is 19.8 Å². The molecule has 0 aromatic carbocycles. The van der Waals surface area contributed by atoms with Crippen LogP contribution < -0.4 is 10.2 Å². The number of rotatable bonds is 4. The molecule has 0 saturated carbocycles. The van der Waals surface area contributed by atoms with Crippen molar-refractivity contribution in [1.82, 2.24) is 9.97 Å². The number of hydrogen-bond acceptors (Lipinski definition) is 5. The second-order valence-corrected chi connectivity index (χ2v) is 4.91. The van der Waals surface area contributed by atoms with Crippen LogP contribution in [0.1, 0.15) is 18.4 Å². The van der Waals surface area contributed by atoms with E-state index in [0.29, 0.717) is 11.9 Å². The van der Waals surface area contributed by atoms with Crippen molar-refractivity contribution in [2.24, 2.45) is 5.92 Å². The van der Waals surface area contributed by atoms with Crippen LogP contribution in [0.3, 0.4) is 0 Å². The number of ether oxygens (including phenoxy) is 1. The summed E-state index contributed by atoms with van der Waals surface area (Å²) in [5, 5.41) is 2.98. The third-order valence-corrected chi connectivity index (χ3v) is 3.32. The van der Waals surface area contributed by atoms with E-state index in [2.05, 4.69) is 27.2 Å². The molecule has 5 heteroatoms. The Kier molecular flexibility index (Phi) is 4.36. The standard InChI is InChI=1S/C13H22N4O/c1-10-7-15-13(14-2)16-12(10)17(3)8-11-5-4-6-18-9-11/h7,11H,4-6,8-9H2,1-3H3,(H,14,15,16). The monoisotopic (exact) mass is 250 g/mol. The zero-order valence-electron chi connectivity index (χ0n) is 11.4. The largest absolute Gasteiger partial charge is 0.381 e. The Hall–Kier alpha value is -1.36. The topological polar surface area (TPSA) is 50.3 Å². The van der Waals surface area contributed by atoms with Crippen molar-refractivity contribution in [3.8, 4) is 0 Å². The third kappa shape index (κ3) is 3.10. The van der Waals surface area contributed by atoms with Gasteiger partial charge in [0.25, 0.3) is 0 Å². The Morgan fingerprint density at radius 1 is 1.56 bits per heavy atom. The van der Waals surface area contributed by atoms with Gasteiger partial charge in [0.2, 0.25) is 5.95 Å². The fourth-order valence-corrected chi connectivity index (χ4v) is 2.37. The lowest BCUT2D eigenvalue weighted by Crippen LogP contribution is -2.31. The van der Waals surface area contributed by atoms with E-state index < -0.39 is 0 Å². The summed E-state index contributed by atoms with van der Waals surface area (Å²) >= 11 is 0. The maximum absolute atomic E-state index is 5.52. The van der Waals surface area contributed by atoms with E-state index in [0.717, 1.165) is 31.1 Å². The van der Waals surface area contributed by atoms with Gasteiger partial charge in [-0.15, -0.1) is 0 Å². The van der Waals surface area contributed by atoms with Crippen molar-refractivity contribution >= 4 is 11.8 Å². The molecule has 1 aromatic rings. The molecule has 0 spiro atoms. The number of nitrogens with one attached hydrogen (secondary N) is 1. The second kappa shape index (κ2) is 6.00. The summed E-state index contributed by atoms with van der Waals surface area (Å²) in [4.78, 5) is 10.9. The van der Waals surface area contributed by atoms with Crippen LogP contribution in [0.4, 0.5) is 11.8 Å². The SMILES string of the molecule is CNc1ncc(C)c(N(C)CC2CCCOC2)n1. The summed E-state index contributed by atoms with van der Waals surface area (Å²) in [7, 11) is 3.92. The first kappa shape index (κ1) is 13.1. The molecule has 0 radical (unpaired) electrons. The van der Waals surface area contributed by atoms with E-state index in [1.807, 2.05) is 20.2 Å². The van der Waals surface area contributed by atoms with Crippen molar-refractivity contribution in [3.63, 3.8) is 0 Å². The van der Waals surface area contributed by atoms with Gasteiger partial charge in [0.05, 0.1) is 6.61 Å². The van der Waals surface area contributed by atoms with Crippen LogP contribution in [0.2, 0.25) is 0 Å². The number of aromatic nitrogens is 2. The summed E-state index contributed by atoms with van der Waals surface area (Å²) in [6, 6.07) is 0. The van der Waals surface area contributed by atoms with E-state index in [1.165, 1.54) is 12.8 Å². The Morgan fingerprint density at radius 2 is 2.39 bits per heavy atom. The molecular weight excluding hydrogens is 228 g/mol. The molecule has 1 unspecified atom stereocenters. The highest BCUT2D eigenvalue weighted by molar-refractivity contribution is 5.48. The Balaban J connectivity index is 2.04. The molecule has 2 heterocycles. The summed E-state index contributed by atoms with van der Waals surface area (Å²) in [6.45, 7) is 4.81. The molecule has 100 valence electrons. The van der Waals surface area contributed by atoms with Crippen LogP contribution in [0.15, 0.2) is 6.20 Å². The van der Waals surface area contributed by atoms with Crippen molar-refractivity contribution in [3.05, 3.63) is 11.8 Å². The highest BCUT2D eigenvalue weighted by Crippen LogP contribution is 2.20. The fourth-order valence-electron chi connectivity index (χ4n) is 2.37. The molecule has 1 atom stereocenters. The quantitative estimate of drug-likeness (QED) is 0.881. The number of hydrogen-bond donors (Lipinski definition) is 1. The molecule has 1 aromatic heterocycles. The van der Waals surface area contributed by atoms with Crippen LogP contribution in [0.25, 0.3) is 0 Å². The maximum atomic E-state index is 5.52. The average molecular weight is 250 g/mol. The number of aryl methyl sites for hydroxylation is 1. The lowest BCUT2D eigenvalue weighted by molar-refractivity contribution is 0.0576. The average Bonchev–Trinajstić information content (AvgIpc) is 2.40. The summed E-state index contributed by atoms with van der Waals surface area (Å²) in [5.74, 6) is 2.28. The molecule has 1 aliphatic rings. The summed E-state index contributed by atoms with van der Waals surface area (Å²) in [5.41, 5.74) is 1.10. The second-order valence-electron chi connectivity index (χ2n) is 4.91. The predicted octanol–water partition coefficient (Wildman–Crippen LogP) is 1.69. The fraction of sp³-hybridized carbons (Fsp3) is 0.692. The normalized spacial score (nSPS) is 19.6. The van der Waals surface area contributed by atoms with Gasteiger partial charge in [0, 0.05) is 39.0 Å². The van der Waals surface area contributed by atoms with Gasteiger partial charge in [-0.25, -0.2) is 4.98 Å². The minimum Gasteiger partial charge on any atom is -0.381 e. The van der Waals surface area contributed by atoms with Crippen LogP contribution >= 0.6 is 0 Å². The zero-order valence-corrected chi connectivity index (χ0v) is 11.4. The van der Waals surface area contributed by atoms with Crippen LogP contribution in [0.5, 0.6) is 0 Å². The van der Waals surface area contributed by atoms with E-state index in [1.54, 1.807) is 0 Å². The predicted molar refractivity (Wildman–Crippen MR) is 73.1 cm³/mol. The van der Waals surface area contributed by atoms with Crippen LogP contribution in [-0.2, 0) is 4.74 Å². The number of anilines is 2. The van der Waals surface area contributed by atoms with E-state index in [4.69, 9.17) is 4.74 Å². The van der Waals surface area contributed by atoms with Crippen molar-refractivity contribution in [2.75, 3.05) is 44.1 Å². The molecule has 5 nitrogen and oxygen atoms in total. The van der Waals surface area contributed by atoms with Gasteiger partial charge >= 0.3 is 0 Å². The molecule has 2 rings (SSSR count). The minimum absolute atomic E-state index is 0.608. The molecular formula is C13H22N4O. The Labute approximate surface area is 109 Å². The maximum Gasteiger partial charge on any atom is 0.224 e. The first-order chi connectivity index (χ1) is 8.70. The highest BCUT2D eigenvalue weighted by Gasteiger charge is 2.17. The Bertz CT molecular complexity index is 391. The van der Waals surface area contributed by atoms with E-state index >= 15 is 0 Å². The molecule has 1 aliphatic heterocycles. The van der Waals surface area contributed by atoms with Crippen molar-refractivity contribution in [1.29, 1.82) is 0 Å². The van der Waals surface area contributed by atoms with Gasteiger partial charge in [0.15, 0.2) is 0 Å². The molecule has 0 aliphatic carbocycles. The number of nitrogens with zero attached hydrogens (tertiary/aromatic N) is 3. The van der Waals surface area contributed by atoms with Gasteiger partial charge in [0.1, 0.15) is 5.82 Å². The van der Waals surface area contributed by atoms with Gasteiger partial charge in [-0.2, -0.15) is 4.98 Å². The molecule has 1 saturated heterocycles. The van der Waals surface area contributed by atoms with Gasteiger partial charge in [-0.1, -0.05) is 0 Å². The molecule has 18 heavy (non-hydrogen) atoms. The van der Waals surface area contributed by atoms with Gasteiger partial charge in [-0.3, -0.25) is 0 Å². The first-order valence-electron chi connectivity index (χ1n) is 6.51. The highest BCUT2D eigenvalue weighted by atomic mass is 16.5. The molecule has 0 amide bonds.